The highest BCUT2D eigenvalue weighted by Crippen LogP contribution is 2.18. The number of aliphatic hydroxyl groups excluding tert-OH is 1. The first-order valence-corrected chi connectivity index (χ1v) is 8.38. The van der Waals surface area contributed by atoms with Gasteiger partial charge in [-0.05, 0) is 31.6 Å². The standard InChI is InChI=1S/C16H22N4O4/c21-13-11-22-10-12(13)20-5-2-4-19(6-7-20)9-15-17-16(18-24-15)14-3-1-8-23-14/h1,3,8,12-13,21H,2,4-7,9-11H2/t12-,13-/m0/s1. The minimum absolute atomic E-state index is 0.124. The highest BCUT2D eigenvalue weighted by molar-refractivity contribution is 5.44. The first kappa shape index (κ1) is 15.8. The second-order valence-electron chi connectivity index (χ2n) is 6.33. The molecule has 0 unspecified atom stereocenters. The van der Waals surface area contributed by atoms with Gasteiger partial charge in [-0.2, -0.15) is 4.98 Å². The van der Waals surface area contributed by atoms with E-state index in [1.807, 2.05) is 6.07 Å². The van der Waals surface area contributed by atoms with Gasteiger partial charge >= 0.3 is 0 Å². The highest BCUT2D eigenvalue weighted by Gasteiger charge is 2.32. The van der Waals surface area contributed by atoms with Gasteiger partial charge in [0, 0.05) is 13.1 Å². The number of aliphatic hydroxyl groups is 1. The third-order valence-corrected chi connectivity index (χ3v) is 4.68. The zero-order chi connectivity index (χ0) is 16.4. The summed E-state index contributed by atoms with van der Waals surface area (Å²) in [7, 11) is 0. The molecule has 4 heterocycles. The molecule has 2 aliphatic rings. The second-order valence-corrected chi connectivity index (χ2v) is 6.33. The Bertz CT molecular complexity index is 644. The normalized spacial score (nSPS) is 26.7. The maximum atomic E-state index is 10.0. The number of hydrogen-bond acceptors (Lipinski definition) is 8. The van der Waals surface area contributed by atoms with Gasteiger partial charge in [-0.15, -0.1) is 0 Å². The van der Waals surface area contributed by atoms with E-state index < -0.39 is 0 Å². The van der Waals surface area contributed by atoms with E-state index >= 15 is 0 Å². The number of aromatic nitrogens is 2. The largest absolute Gasteiger partial charge is 0.461 e. The van der Waals surface area contributed by atoms with Gasteiger partial charge in [0.25, 0.3) is 0 Å². The van der Waals surface area contributed by atoms with Crippen LogP contribution in [0.3, 0.4) is 0 Å². The van der Waals surface area contributed by atoms with Crippen molar-refractivity contribution in [3.63, 3.8) is 0 Å². The van der Waals surface area contributed by atoms with Gasteiger partial charge in [0.05, 0.1) is 38.2 Å². The van der Waals surface area contributed by atoms with Crippen LogP contribution in [0.4, 0.5) is 0 Å². The molecular formula is C16H22N4O4. The van der Waals surface area contributed by atoms with Crippen molar-refractivity contribution in [2.24, 2.45) is 0 Å². The predicted molar refractivity (Wildman–Crippen MR) is 84.1 cm³/mol. The third kappa shape index (κ3) is 3.36. The Kier molecular flexibility index (Phi) is 4.61. The van der Waals surface area contributed by atoms with Crippen molar-refractivity contribution in [3.8, 4) is 11.6 Å². The van der Waals surface area contributed by atoms with Crippen LogP contribution >= 0.6 is 0 Å². The molecule has 8 heteroatoms. The van der Waals surface area contributed by atoms with Gasteiger partial charge in [-0.1, -0.05) is 5.16 Å². The zero-order valence-corrected chi connectivity index (χ0v) is 13.5. The van der Waals surface area contributed by atoms with E-state index in [0.29, 0.717) is 37.2 Å². The minimum Gasteiger partial charge on any atom is -0.461 e. The maximum Gasteiger partial charge on any atom is 0.241 e. The lowest BCUT2D eigenvalue weighted by Crippen LogP contribution is -2.44. The number of hydrogen-bond donors (Lipinski definition) is 1. The smallest absolute Gasteiger partial charge is 0.241 e. The minimum atomic E-state index is -0.372. The van der Waals surface area contributed by atoms with Crippen LogP contribution in [0.2, 0.25) is 0 Å². The number of rotatable bonds is 4. The van der Waals surface area contributed by atoms with Crippen LogP contribution in [0.1, 0.15) is 12.3 Å². The van der Waals surface area contributed by atoms with E-state index in [-0.39, 0.29) is 12.1 Å². The summed E-state index contributed by atoms with van der Waals surface area (Å²) in [6.45, 7) is 5.46. The van der Waals surface area contributed by atoms with Gasteiger partial charge in [-0.25, -0.2) is 0 Å². The van der Waals surface area contributed by atoms with E-state index in [9.17, 15) is 5.11 Å². The van der Waals surface area contributed by atoms with Crippen LogP contribution < -0.4 is 0 Å². The van der Waals surface area contributed by atoms with Crippen LogP contribution in [-0.4, -0.2) is 76.6 Å². The predicted octanol–water partition coefficient (Wildman–Crippen LogP) is 0.597. The molecular weight excluding hydrogens is 312 g/mol. The van der Waals surface area contributed by atoms with Crippen LogP contribution in [0, 0.1) is 0 Å². The van der Waals surface area contributed by atoms with Crippen LogP contribution in [0.5, 0.6) is 0 Å². The molecule has 130 valence electrons. The average molecular weight is 334 g/mol. The van der Waals surface area contributed by atoms with Crippen molar-refractivity contribution in [3.05, 3.63) is 24.3 Å². The third-order valence-electron chi connectivity index (χ3n) is 4.68. The molecule has 0 aliphatic carbocycles. The Labute approximate surface area is 140 Å². The molecule has 2 saturated heterocycles. The fourth-order valence-electron chi connectivity index (χ4n) is 3.38. The lowest BCUT2D eigenvalue weighted by molar-refractivity contribution is 0.0834. The molecule has 0 spiro atoms. The lowest BCUT2D eigenvalue weighted by Gasteiger charge is -2.28. The van der Waals surface area contributed by atoms with Gasteiger partial charge in [0.1, 0.15) is 0 Å². The summed E-state index contributed by atoms with van der Waals surface area (Å²) in [6.07, 6.45) is 2.27. The lowest BCUT2D eigenvalue weighted by atomic mass is 10.2. The number of nitrogens with zero attached hydrogens (tertiary/aromatic N) is 4. The van der Waals surface area contributed by atoms with Gasteiger partial charge in [0.15, 0.2) is 5.76 Å². The van der Waals surface area contributed by atoms with Gasteiger partial charge in [-0.3, -0.25) is 9.80 Å². The van der Waals surface area contributed by atoms with E-state index in [2.05, 4.69) is 19.9 Å². The number of furan rings is 1. The molecule has 0 aromatic carbocycles. The Morgan fingerprint density at radius 3 is 2.96 bits per heavy atom. The monoisotopic (exact) mass is 334 g/mol. The fourth-order valence-corrected chi connectivity index (χ4v) is 3.38. The SMILES string of the molecule is O[C@H]1COC[C@@H]1N1CCCN(Cc2nc(-c3ccco3)no2)CC1. The molecule has 2 aliphatic heterocycles. The summed E-state index contributed by atoms with van der Waals surface area (Å²) in [5.74, 6) is 1.69. The van der Waals surface area contributed by atoms with Crippen molar-refractivity contribution in [1.29, 1.82) is 0 Å². The van der Waals surface area contributed by atoms with Crippen molar-refractivity contribution in [1.82, 2.24) is 19.9 Å². The van der Waals surface area contributed by atoms with Gasteiger partial charge < -0.3 is 18.8 Å². The molecule has 1 N–H and O–H groups in total. The van der Waals surface area contributed by atoms with Crippen molar-refractivity contribution in [2.45, 2.75) is 25.1 Å². The van der Waals surface area contributed by atoms with Gasteiger partial charge in [0.2, 0.25) is 11.7 Å². The molecule has 0 amide bonds. The molecule has 0 saturated carbocycles. The topological polar surface area (TPSA) is 88.0 Å². The fraction of sp³-hybridized carbons (Fsp3) is 0.625. The molecule has 0 radical (unpaired) electrons. The van der Waals surface area contributed by atoms with Crippen LogP contribution in [0.15, 0.2) is 27.3 Å². The first-order chi connectivity index (χ1) is 11.8. The highest BCUT2D eigenvalue weighted by atomic mass is 16.5. The molecule has 0 bridgehead atoms. The Morgan fingerprint density at radius 1 is 1.21 bits per heavy atom. The second kappa shape index (κ2) is 7.02. The van der Waals surface area contributed by atoms with Crippen LogP contribution in [0.25, 0.3) is 11.6 Å². The zero-order valence-electron chi connectivity index (χ0n) is 13.5. The summed E-state index contributed by atoms with van der Waals surface area (Å²) in [4.78, 5) is 9.04. The summed E-state index contributed by atoms with van der Waals surface area (Å²) in [5, 5.41) is 14.0. The molecule has 2 aromatic heterocycles. The summed E-state index contributed by atoms with van der Waals surface area (Å²) in [6, 6.07) is 3.74. The van der Waals surface area contributed by atoms with Crippen molar-refractivity contribution >= 4 is 0 Å². The molecule has 2 fully saturated rings. The molecule has 4 rings (SSSR count). The van der Waals surface area contributed by atoms with E-state index in [0.717, 1.165) is 32.6 Å². The summed E-state index contributed by atoms with van der Waals surface area (Å²) >= 11 is 0. The first-order valence-electron chi connectivity index (χ1n) is 8.38. The van der Waals surface area contributed by atoms with E-state index in [1.165, 1.54) is 0 Å². The Hall–Kier alpha value is -1.74. The number of ether oxygens (including phenoxy) is 1. The Morgan fingerprint density at radius 2 is 2.17 bits per heavy atom. The van der Waals surface area contributed by atoms with Crippen molar-refractivity contribution in [2.75, 3.05) is 39.4 Å². The molecule has 2 atom stereocenters. The van der Waals surface area contributed by atoms with Crippen LogP contribution in [-0.2, 0) is 11.3 Å². The summed E-state index contributed by atoms with van der Waals surface area (Å²) < 4.78 is 16.0. The quantitative estimate of drug-likeness (QED) is 0.869. The average Bonchev–Trinajstić information content (AvgIpc) is 3.29. The summed E-state index contributed by atoms with van der Waals surface area (Å²) in [5.41, 5.74) is 0. The van der Waals surface area contributed by atoms with Crippen molar-refractivity contribution < 1.29 is 18.8 Å². The molecule has 24 heavy (non-hydrogen) atoms. The maximum absolute atomic E-state index is 10.0. The molecule has 2 aromatic rings. The molecule has 8 nitrogen and oxygen atoms in total. The van der Waals surface area contributed by atoms with E-state index in [1.54, 1.807) is 12.3 Å². The Balaban J connectivity index is 1.34. The van der Waals surface area contributed by atoms with E-state index in [4.69, 9.17) is 13.7 Å².